The van der Waals surface area contributed by atoms with Gasteiger partial charge in [0.05, 0.1) is 0 Å². The maximum Gasteiger partial charge on any atom is 2.00 e. The minimum atomic E-state index is -0.0394. The zero-order valence-electron chi connectivity index (χ0n) is 9.73. The SMILES string of the molecule is CCc1ccc([O-])c(C(C)(C)C)c1.[Cl-].[Zr+2]. The van der Waals surface area contributed by atoms with Crippen LogP contribution in [0, 0.1) is 0 Å². The Hall–Kier alpha value is 0.193. The predicted octanol–water partition coefficient (Wildman–Crippen LogP) is -0.378. The van der Waals surface area contributed by atoms with Gasteiger partial charge in [0.25, 0.3) is 0 Å². The molecule has 1 nitrogen and oxygen atoms in total. The van der Waals surface area contributed by atoms with Gasteiger partial charge in [0, 0.05) is 0 Å². The summed E-state index contributed by atoms with van der Waals surface area (Å²) in [5.41, 5.74) is 2.12. The molecule has 0 atom stereocenters. The molecule has 1 aromatic rings. The van der Waals surface area contributed by atoms with Gasteiger partial charge < -0.3 is 17.5 Å². The third kappa shape index (κ3) is 4.70. The molecule has 0 heterocycles. The van der Waals surface area contributed by atoms with Crippen LogP contribution in [-0.4, -0.2) is 0 Å². The average molecular weight is 304 g/mol. The summed E-state index contributed by atoms with van der Waals surface area (Å²) in [6, 6.07) is 5.62. The van der Waals surface area contributed by atoms with Crippen LogP contribution < -0.4 is 17.5 Å². The summed E-state index contributed by atoms with van der Waals surface area (Å²) in [5.74, 6) is 0.157. The summed E-state index contributed by atoms with van der Waals surface area (Å²) in [6.45, 7) is 8.32. The van der Waals surface area contributed by atoms with Gasteiger partial charge in [-0.05, 0) is 17.4 Å². The first kappa shape index (κ1) is 17.6. The Morgan fingerprint density at radius 1 is 1.20 bits per heavy atom. The number of hydrogen-bond donors (Lipinski definition) is 0. The van der Waals surface area contributed by atoms with Gasteiger partial charge in [-0.25, -0.2) is 0 Å². The van der Waals surface area contributed by atoms with E-state index in [0.717, 1.165) is 12.0 Å². The van der Waals surface area contributed by atoms with E-state index in [1.807, 2.05) is 12.1 Å². The van der Waals surface area contributed by atoms with Gasteiger partial charge in [-0.3, -0.25) is 0 Å². The van der Waals surface area contributed by atoms with Crippen molar-refractivity contribution in [2.75, 3.05) is 0 Å². The van der Waals surface area contributed by atoms with Crippen molar-refractivity contribution in [3.05, 3.63) is 29.3 Å². The molecule has 0 fully saturated rings. The zero-order valence-corrected chi connectivity index (χ0v) is 12.9. The first-order chi connectivity index (χ1) is 5.95. The van der Waals surface area contributed by atoms with Gasteiger partial charge in [-0.15, -0.1) is 5.75 Å². The van der Waals surface area contributed by atoms with Crippen molar-refractivity contribution in [1.82, 2.24) is 0 Å². The Bertz CT molecular complexity index is 305. The molecule has 0 aliphatic carbocycles. The number of halogens is 1. The summed E-state index contributed by atoms with van der Waals surface area (Å²) in [5, 5.41) is 11.5. The molecule has 15 heavy (non-hydrogen) atoms. The van der Waals surface area contributed by atoms with E-state index >= 15 is 0 Å². The molecule has 0 radical (unpaired) electrons. The number of aryl methyl sites for hydroxylation is 1. The third-order valence-corrected chi connectivity index (χ3v) is 2.26. The second-order valence-electron chi connectivity index (χ2n) is 4.43. The van der Waals surface area contributed by atoms with Crippen molar-refractivity contribution in [1.29, 1.82) is 0 Å². The summed E-state index contributed by atoms with van der Waals surface area (Å²) in [6.07, 6.45) is 0.989. The van der Waals surface area contributed by atoms with Crippen molar-refractivity contribution >= 4 is 0 Å². The second-order valence-corrected chi connectivity index (χ2v) is 4.43. The molecule has 82 valence electrons. The molecule has 0 spiro atoms. The predicted molar refractivity (Wildman–Crippen MR) is 54.0 cm³/mol. The van der Waals surface area contributed by atoms with Gasteiger partial charge in [0.2, 0.25) is 0 Å². The fourth-order valence-corrected chi connectivity index (χ4v) is 1.38. The van der Waals surface area contributed by atoms with Gasteiger partial charge in [0.1, 0.15) is 0 Å². The van der Waals surface area contributed by atoms with E-state index in [1.165, 1.54) is 5.56 Å². The Balaban J connectivity index is 0. The van der Waals surface area contributed by atoms with Crippen LogP contribution in [0.1, 0.15) is 38.8 Å². The van der Waals surface area contributed by atoms with Crippen LogP contribution in [0.25, 0.3) is 0 Å². The van der Waals surface area contributed by atoms with E-state index in [4.69, 9.17) is 0 Å². The van der Waals surface area contributed by atoms with Crippen LogP contribution in [0.4, 0.5) is 0 Å². The first-order valence-electron chi connectivity index (χ1n) is 4.75. The summed E-state index contributed by atoms with van der Waals surface area (Å²) in [4.78, 5) is 0. The largest absolute Gasteiger partial charge is 2.00 e. The third-order valence-electron chi connectivity index (χ3n) is 2.26. The van der Waals surface area contributed by atoms with Gasteiger partial charge in [-0.1, -0.05) is 51.5 Å². The average Bonchev–Trinajstić information content (AvgIpc) is 2.03. The molecule has 0 saturated carbocycles. The molecule has 0 aliphatic rings. The van der Waals surface area contributed by atoms with Crippen molar-refractivity contribution in [3.63, 3.8) is 0 Å². The van der Waals surface area contributed by atoms with Crippen molar-refractivity contribution in [2.45, 2.75) is 39.5 Å². The minimum Gasteiger partial charge on any atom is -1.00 e. The molecule has 0 unspecified atom stereocenters. The van der Waals surface area contributed by atoms with Gasteiger partial charge in [-0.2, -0.15) is 0 Å². The van der Waals surface area contributed by atoms with Crippen LogP contribution in [-0.2, 0) is 38.0 Å². The molecule has 1 aromatic carbocycles. The van der Waals surface area contributed by atoms with E-state index < -0.39 is 0 Å². The van der Waals surface area contributed by atoms with Crippen molar-refractivity contribution in [3.8, 4) is 5.75 Å². The standard InChI is InChI=1S/C12H18O.ClH.Zr/c1-5-9-6-7-11(13)10(8-9)12(2,3)4;;/h6-8,13H,5H2,1-4H3;1H;/q;;+2/p-2. The van der Waals surface area contributed by atoms with Crippen LogP contribution >= 0.6 is 0 Å². The molecule has 0 aliphatic heterocycles. The van der Waals surface area contributed by atoms with E-state index in [2.05, 4.69) is 27.7 Å². The molecule has 0 amide bonds. The molecular formula is C12H17ClOZr. The zero-order chi connectivity index (χ0) is 10.1. The molecule has 1 rings (SSSR count). The Morgan fingerprint density at radius 3 is 2.13 bits per heavy atom. The first-order valence-corrected chi connectivity index (χ1v) is 4.75. The second kappa shape index (κ2) is 6.71. The maximum atomic E-state index is 11.5. The summed E-state index contributed by atoms with van der Waals surface area (Å²) >= 11 is 0. The summed E-state index contributed by atoms with van der Waals surface area (Å²) in [7, 11) is 0. The normalized spacial score (nSPS) is 10.1. The molecule has 0 aromatic heterocycles. The number of hydrogen-bond acceptors (Lipinski definition) is 1. The van der Waals surface area contributed by atoms with Crippen LogP contribution in [0.2, 0.25) is 0 Å². The van der Waals surface area contributed by atoms with Crippen LogP contribution in [0.15, 0.2) is 18.2 Å². The Labute approximate surface area is 118 Å². The maximum absolute atomic E-state index is 11.5. The van der Waals surface area contributed by atoms with Crippen molar-refractivity contribution in [2.24, 2.45) is 0 Å². The van der Waals surface area contributed by atoms with Gasteiger partial charge >= 0.3 is 26.2 Å². The smallest absolute Gasteiger partial charge is 1.00 e. The topological polar surface area (TPSA) is 23.1 Å². The van der Waals surface area contributed by atoms with E-state index in [9.17, 15) is 5.11 Å². The van der Waals surface area contributed by atoms with E-state index in [0.29, 0.717) is 0 Å². The minimum absolute atomic E-state index is 0. The number of benzene rings is 1. The van der Waals surface area contributed by atoms with E-state index in [-0.39, 0.29) is 49.8 Å². The molecular weight excluding hydrogens is 287 g/mol. The molecule has 0 saturated heterocycles. The molecule has 0 N–H and O–H groups in total. The van der Waals surface area contributed by atoms with Gasteiger partial charge in [0.15, 0.2) is 0 Å². The summed E-state index contributed by atoms with van der Waals surface area (Å²) < 4.78 is 0. The molecule has 0 bridgehead atoms. The molecule has 3 heteroatoms. The number of rotatable bonds is 1. The van der Waals surface area contributed by atoms with Crippen LogP contribution in [0.5, 0.6) is 5.75 Å². The monoisotopic (exact) mass is 302 g/mol. The van der Waals surface area contributed by atoms with Crippen LogP contribution in [0.3, 0.4) is 0 Å². The quantitative estimate of drug-likeness (QED) is 0.694. The Kier molecular flexibility index (Phi) is 7.86. The van der Waals surface area contributed by atoms with E-state index in [1.54, 1.807) is 6.07 Å². The van der Waals surface area contributed by atoms with Crippen molar-refractivity contribution < 1.29 is 43.7 Å². The fraction of sp³-hybridized carbons (Fsp3) is 0.500. The Morgan fingerprint density at radius 2 is 1.73 bits per heavy atom. The fourth-order valence-electron chi connectivity index (χ4n) is 1.38.